The highest BCUT2D eigenvalue weighted by molar-refractivity contribution is 5.94. The van der Waals surface area contributed by atoms with Crippen molar-refractivity contribution in [2.75, 3.05) is 0 Å². The maximum atomic E-state index is 13.7. The second-order valence-corrected chi connectivity index (χ2v) is 6.68. The largest absolute Gasteiger partial charge is 0.481 e. The quantitative estimate of drug-likeness (QED) is 0.843. The van der Waals surface area contributed by atoms with E-state index in [1.807, 2.05) is 6.92 Å². The fourth-order valence-electron chi connectivity index (χ4n) is 2.51. The van der Waals surface area contributed by atoms with Gasteiger partial charge in [-0.15, -0.1) is 0 Å². The average Bonchev–Trinajstić information content (AvgIpc) is 2.57. The molecule has 0 heterocycles. The third-order valence-electron chi connectivity index (χ3n) is 4.26. The summed E-state index contributed by atoms with van der Waals surface area (Å²) in [5.41, 5.74) is 0.586. The van der Waals surface area contributed by atoms with Crippen LogP contribution in [0, 0.1) is 5.82 Å². The number of nitrogens with one attached hydrogen (secondary N) is 1. The Morgan fingerprint density at radius 2 is 1.72 bits per heavy atom. The van der Waals surface area contributed by atoms with Crippen LogP contribution in [0.15, 0.2) is 48.5 Å². The molecule has 2 aromatic rings. The van der Waals surface area contributed by atoms with Gasteiger partial charge >= 0.3 is 5.97 Å². The van der Waals surface area contributed by atoms with Gasteiger partial charge in [-0.1, -0.05) is 30.3 Å². The zero-order valence-electron chi connectivity index (χ0n) is 14.5. The highest BCUT2D eigenvalue weighted by atomic mass is 19.1. The van der Waals surface area contributed by atoms with Crippen LogP contribution >= 0.6 is 0 Å². The number of hydrogen-bond acceptors (Lipinski definition) is 2. The molecular formula is C20H22FNO3. The zero-order valence-corrected chi connectivity index (χ0v) is 14.5. The summed E-state index contributed by atoms with van der Waals surface area (Å²) in [7, 11) is 0. The summed E-state index contributed by atoms with van der Waals surface area (Å²) >= 11 is 0. The molecule has 4 nitrogen and oxygen atoms in total. The second kappa shape index (κ2) is 7.47. The minimum absolute atomic E-state index is 0.237. The molecule has 25 heavy (non-hydrogen) atoms. The van der Waals surface area contributed by atoms with E-state index in [1.165, 1.54) is 6.07 Å². The predicted octanol–water partition coefficient (Wildman–Crippen LogP) is 3.55. The molecule has 2 aromatic carbocycles. The topological polar surface area (TPSA) is 66.4 Å². The van der Waals surface area contributed by atoms with Crippen LogP contribution in [0.3, 0.4) is 0 Å². The Labute approximate surface area is 146 Å². The van der Waals surface area contributed by atoms with Crippen molar-refractivity contribution in [3.63, 3.8) is 0 Å². The van der Waals surface area contributed by atoms with E-state index in [-0.39, 0.29) is 17.8 Å². The van der Waals surface area contributed by atoms with Crippen LogP contribution < -0.4 is 5.32 Å². The first-order chi connectivity index (χ1) is 11.7. The number of hydrogen-bond donors (Lipinski definition) is 2. The van der Waals surface area contributed by atoms with Crippen LogP contribution in [0.25, 0.3) is 0 Å². The lowest BCUT2D eigenvalue weighted by Crippen LogP contribution is -2.34. The van der Waals surface area contributed by atoms with Crippen LogP contribution in [0.2, 0.25) is 0 Å². The summed E-state index contributed by atoms with van der Waals surface area (Å²) in [6, 6.07) is 12.7. The number of carbonyl (C=O) groups excluding carboxylic acids is 1. The maximum Gasteiger partial charge on any atom is 0.313 e. The average molecular weight is 343 g/mol. The van der Waals surface area contributed by atoms with Crippen molar-refractivity contribution in [1.29, 1.82) is 0 Å². The Hall–Kier alpha value is -2.69. The summed E-state index contributed by atoms with van der Waals surface area (Å²) in [5, 5.41) is 12.1. The van der Waals surface area contributed by atoms with Crippen LogP contribution in [-0.4, -0.2) is 23.0 Å². The fourth-order valence-corrected chi connectivity index (χ4v) is 2.51. The van der Waals surface area contributed by atoms with E-state index in [0.717, 1.165) is 0 Å². The first kappa shape index (κ1) is 18.6. The molecule has 0 aliphatic heterocycles. The van der Waals surface area contributed by atoms with Crippen molar-refractivity contribution < 1.29 is 19.1 Å². The van der Waals surface area contributed by atoms with E-state index >= 15 is 0 Å². The fraction of sp³-hybridized carbons (Fsp3) is 0.300. The molecule has 1 amide bonds. The number of carbonyl (C=O) groups is 2. The lowest BCUT2D eigenvalue weighted by Gasteiger charge is -2.20. The maximum absolute atomic E-state index is 13.7. The third-order valence-corrected chi connectivity index (χ3v) is 4.26. The monoisotopic (exact) mass is 343 g/mol. The number of aliphatic carboxylic acids is 1. The Bertz CT molecular complexity index is 769. The minimum Gasteiger partial charge on any atom is -0.481 e. The zero-order chi connectivity index (χ0) is 18.6. The van der Waals surface area contributed by atoms with Gasteiger partial charge < -0.3 is 10.4 Å². The standard InChI is InChI=1S/C20H22FNO3/c1-13(12-15-6-4-5-7-17(15)21)22-18(23)14-8-10-16(11-9-14)20(2,3)19(24)25/h4-11,13H,12H2,1-3H3,(H,22,23)(H,24,25). The van der Waals surface area contributed by atoms with Crippen molar-refractivity contribution in [1.82, 2.24) is 5.32 Å². The first-order valence-electron chi connectivity index (χ1n) is 8.10. The minimum atomic E-state index is -1.02. The highest BCUT2D eigenvalue weighted by Crippen LogP contribution is 2.23. The van der Waals surface area contributed by atoms with Gasteiger partial charge in [0.25, 0.3) is 5.91 Å². The van der Waals surface area contributed by atoms with Crippen molar-refractivity contribution in [2.45, 2.75) is 38.6 Å². The molecule has 0 aliphatic carbocycles. The number of amides is 1. The van der Waals surface area contributed by atoms with Gasteiger partial charge in [0.2, 0.25) is 0 Å². The molecule has 1 atom stereocenters. The van der Waals surface area contributed by atoms with E-state index in [4.69, 9.17) is 0 Å². The molecule has 2 N–H and O–H groups in total. The normalized spacial score (nSPS) is 12.5. The third kappa shape index (κ3) is 4.44. The summed E-state index contributed by atoms with van der Waals surface area (Å²) in [6.07, 6.45) is 0.391. The summed E-state index contributed by atoms with van der Waals surface area (Å²) < 4.78 is 13.7. The van der Waals surface area contributed by atoms with Gasteiger partial charge in [0.05, 0.1) is 5.41 Å². The van der Waals surface area contributed by atoms with Crippen molar-refractivity contribution in [3.8, 4) is 0 Å². The van der Waals surface area contributed by atoms with Crippen LogP contribution in [-0.2, 0) is 16.6 Å². The highest BCUT2D eigenvalue weighted by Gasteiger charge is 2.29. The van der Waals surface area contributed by atoms with Gasteiger partial charge in [-0.25, -0.2) is 4.39 Å². The first-order valence-corrected chi connectivity index (χ1v) is 8.10. The Kier molecular flexibility index (Phi) is 5.57. The number of benzene rings is 2. The Balaban J connectivity index is 2.03. The van der Waals surface area contributed by atoms with E-state index in [9.17, 15) is 19.1 Å². The smallest absolute Gasteiger partial charge is 0.313 e. The molecule has 0 aliphatic rings. The van der Waals surface area contributed by atoms with E-state index < -0.39 is 11.4 Å². The molecular weight excluding hydrogens is 321 g/mol. The molecule has 0 saturated heterocycles. The van der Waals surface area contributed by atoms with Crippen molar-refractivity contribution in [2.24, 2.45) is 0 Å². The van der Waals surface area contributed by atoms with Crippen molar-refractivity contribution >= 4 is 11.9 Å². The molecule has 0 fully saturated rings. The molecule has 0 saturated carbocycles. The van der Waals surface area contributed by atoms with Gasteiger partial charge in [-0.05, 0) is 56.5 Å². The van der Waals surface area contributed by atoms with E-state index in [1.54, 1.807) is 56.3 Å². The number of carboxylic acids is 1. The summed E-state index contributed by atoms with van der Waals surface area (Å²) in [4.78, 5) is 23.6. The van der Waals surface area contributed by atoms with Gasteiger partial charge in [-0.2, -0.15) is 0 Å². The number of halogens is 1. The summed E-state index contributed by atoms with van der Waals surface area (Å²) in [6.45, 7) is 5.04. The molecule has 132 valence electrons. The molecule has 2 rings (SSSR count). The van der Waals surface area contributed by atoms with E-state index in [0.29, 0.717) is 23.1 Å². The van der Waals surface area contributed by atoms with Gasteiger partial charge in [0.15, 0.2) is 0 Å². The van der Waals surface area contributed by atoms with Crippen molar-refractivity contribution in [3.05, 3.63) is 71.0 Å². The molecule has 0 spiro atoms. The van der Waals surface area contributed by atoms with Crippen LogP contribution in [0.4, 0.5) is 4.39 Å². The van der Waals surface area contributed by atoms with Gasteiger partial charge in [0.1, 0.15) is 5.82 Å². The van der Waals surface area contributed by atoms with Crippen LogP contribution in [0.1, 0.15) is 42.3 Å². The number of rotatable bonds is 6. The summed E-state index contributed by atoms with van der Waals surface area (Å²) in [5.74, 6) is -1.49. The molecule has 0 bridgehead atoms. The number of carboxylic acid groups (broad SMARTS) is 1. The van der Waals surface area contributed by atoms with Crippen LogP contribution in [0.5, 0.6) is 0 Å². The van der Waals surface area contributed by atoms with Gasteiger partial charge in [0, 0.05) is 11.6 Å². The Morgan fingerprint density at radius 1 is 1.12 bits per heavy atom. The predicted molar refractivity (Wildman–Crippen MR) is 94.1 cm³/mol. The lowest BCUT2D eigenvalue weighted by atomic mass is 9.84. The molecule has 0 aromatic heterocycles. The van der Waals surface area contributed by atoms with Gasteiger partial charge in [-0.3, -0.25) is 9.59 Å². The molecule has 1 unspecified atom stereocenters. The Morgan fingerprint density at radius 3 is 2.28 bits per heavy atom. The molecule has 0 radical (unpaired) electrons. The van der Waals surface area contributed by atoms with E-state index in [2.05, 4.69) is 5.32 Å². The SMILES string of the molecule is CC(Cc1ccccc1F)NC(=O)c1ccc(C(C)(C)C(=O)O)cc1. The lowest BCUT2D eigenvalue weighted by molar-refractivity contribution is -0.142. The second-order valence-electron chi connectivity index (χ2n) is 6.68. The molecule has 5 heteroatoms.